The van der Waals surface area contributed by atoms with E-state index in [1.54, 1.807) is 4.90 Å². The van der Waals surface area contributed by atoms with Gasteiger partial charge >= 0.3 is 0 Å². The fourth-order valence-electron chi connectivity index (χ4n) is 1.38. The highest BCUT2D eigenvalue weighted by Crippen LogP contribution is 2.05. The van der Waals surface area contributed by atoms with Crippen molar-refractivity contribution in [3.63, 3.8) is 0 Å². The van der Waals surface area contributed by atoms with Gasteiger partial charge in [0.1, 0.15) is 0 Å². The molecule has 0 aliphatic heterocycles. The lowest BCUT2D eigenvalue weighted by Gasteiger charge is -2.23. The number of hydrogen-bond acceptors (Lipinski definition) is 2. The second-order valence-corrected chi connectivity index (χ2v) is 3.75. The van der Waals surface area contributed by atoms with Crippen LogP contribution in [-0.2, 0) is 4.79 Å². The van der Waals surface area contributed by atoms with E-state index in [0.29, 0.717) is 5.92 Å². The molecule has 3 nitrogen and oxygen atoms in total. The average Bonchev–Trinajstić information content (AvgIpc) is 2.05. The molecule has 0 fully saturated rings. The molecule has 0 saturated carbocycles. The van der Waals surface area contributed by atoms with Gasteiger partial charge in [-0.1, -0.05) is 13.8 Å². The number of nitrogens with zero attached hydrogens (tertiary/aromatic N) is 1. The van der Waals surface area contributed by atoms with Crippen molar-refractivity contribution in [3.05, 3.63) is 0 Å². The van der Waals surface area contributed by atoms with Crippen LogP contribution < -0.4 is 5.73 Å². The highest BCUT2D eigenvalue weighted by molar-refractivity contribution is 5.81. The summed E-state index contributed by atoms with van der Waals surface area (Å²) in [4.78, 5) is 13.4. The molecular weight excluding hydrogens is 164 g/mol. The zero-order valence-corrected chi connectivity index (χ0v) is 9.21. The molecule has 1 unspecified atom stereocenters. The number of carbonyl (C=O) groups excluding carboxylic acids is 1. The number of likely N-dealkylation sites (N-methyl/N-ethyl adjacent to an activating group) is 1. The molecule has 0 heterocycles. The van der Waals surface area contributed by atoms with Crippen molar-refractivity contribution in [2.45, 2.75) is 40.2 Å². The summed E-state index contributed by atoms with van der Waals surface area (Å²) in [5.74, 6) is 0.563. The molecule has 0 aromatic rings. The van der Waals surface area contributed by atoms with Crippen LogP contribution in [0, 0.1) is 5.92 Å². The Bertz CT molecular complexity index is 153. The first kappa shape index (κ1) is 12.4. The summed E-state index contributed by atoms with van der Waals surface area (Å²) in [5.41, 5.74) is 5.78. The number of rotatable bonds is 5. The van der Waals surface area contributed by atoms with Gasteiger partial charge in [-0.25, -0.2) is 0 Å². The van der Waals surface area contributed by atoms with Crippen molar-refractivity contribution in [2.24, 2.45) is 11.7 Å². The molecule has 13 heavy (non-hydrogen) atoms. The first-order valence-corrected chi connectivity index (χ1v) is 5.07. The Kier molecular flexibility index (Phi) is 5.71. The summed E-state index contributed by atoms with van der Waals surface area (Å²) >= 11 is 0. The van der Waals surface area contributed by atoms with E-state index >= 15 is 0 Å². The molecule has 3 heteroatoms. The number of amides is 1. The average molecular weight is 186 g/mol. The van der Waals surface area contributed by atoms with Crippen LogP contribution in [0.4, 0.5) is 0 Å². The Morgan fingerprint density at radius 3 is 2.08 bits per heavy atom. The predicted octanol–water partition coefficient (Wildman–Crippen LogP) is 1.23. The van der Waals surface area contributed by atoms with Gasteiger partial charge in [0.2, 0.25) is 5.91 Å². The van der Waals surface area contributed by atoms with E-state index in [-0.39, 0.29) is 11.9 Å². The zero-order chi connectivity index (χ0) is 10.4. The molecule has 78 valence electrons. The van der Waals surface area contributed by atoms with E-state index in [4.69, 9.17) is 5.73 Å². The lowest BCUT2D eigenvalue weighted by molar-refractivity contribution is -0.132. The van der Waals surface area contributed by atoms with Crippen LogP contribution in [0.25, 0.3) is 0 Å². The molecule has 0 rings (SSSR count). The fraction of sp³-hybridized carbons (Fsp3) is 0.900. The largest absolute Gasteiger partial charge is 0.342 e. The molecule has 0 aromatic carbocycles. The van der Waals surface area contributed by atoms with Crippen LogP contribution in [0.2, 0.25) is 0 Å². The second-order valence-electron chi connectivity index (χ2n) is 3.75. The maximum atomic E-state index is 11.6. The van der Waals surface area contributed by atoms with Gasteiger partial charge in [0, 0.05) is 13.1 Å². The molecule has 0 spiro atoms. The van der Waals surface area contributed by atoms with Gasteiger partial charge in [-0.3, -0.25) is 4.79 Å². The van der Waals surface area contributed by atoms with Crippen LogP contribution in [0.5, 0.6) is 0 Å². The Morgan fingerprint density at radius 2 is 1.77 bits per heavy atom. The molecule has 0 radical (unpaired) electrons. The molecule has 0 bridgehead atoms. The molecular formula is C10H22N2O. The van der Waals surface area contributed by atoms with Crippen molar-refractivity contribution in [1.82, 2.24) is 4.90 Å². The van der Waals surface area contributed by atoms with Gasteiger partial charge in [0.25, 0.3) is 0 Å². The van der Waals surface area contributed by atoms with Gasteiger partial charge in [-0.2, -0.15) is 0 Å². The highest BCUT2D eigenvalue weighted by Gasteiger charge is 2.18. The van der Waals surface area contributed by atoms with E-state index in [1.165, 1.54) is 0 Å². The minimum atomic E-state index is -0.320. The summed E-state index contributed by atoms with van der Waals surface area (Å²) in [6, 6.07) is -0.320. The summed E-state index contributed by atoms with van der Waals surface area (Å²) in [7, 11) is 0. The minimum absolute atomic E-state index is 0.0821. The summed E-state index contributed by atoms with van der Waals surface area (Å²) < 4.78 is 0. The Hall–Kier alpha value is -0.570. The SMILES string of the molecule is CCN(CC)C(=O)C(N)CC(C)C. The van der Waals surface area contributed by atoms with E-state index < -0.39 is 0 Å². The van der Waals surface area contributed by atoms with Gasteiger partial charge in [-0.15, -0.1) is 0 Å². The van der Waals surface area contributed by atoms with Crippen molar-refractivity contribution < 1.29 is 4.79 Å². The monoisotopic (exact) mass is 186 g/mol. The lowest BCUT2D eigenvalue weighted by Crippen LogP contribution is -2.44. The van der Waals surface area contributed by atoms with Crippen molar-refractivity contribution in [1.29, 1.82) is 0 Å². The molecule has 0 aliphatic rings. The summed E-state index contributed by atoms with van der Waals surface area (Å²) in [6.07, 6.45) is 0.773. The van der Waals surface area contributed by atoms with Crippen LogP contribution in [-0.4, -0.2) is 29.9 Å². The summed E-state index contributed by atoms with van der Waals surface area (Å²) in [6.45, 7) is 9.61. The zero-order valence-electron chi connectivity index (χ0n) is 9.21. The van der Waals surface area contributed by atoms with Crippen molar-refractivity contribution in [3.8, 4) is 0 Å². The van der Waals surface area contributed by atoms with E-state index in [9.17, 15) is 4.79 Å². The summed E-state index contributed by atoms with van der Waals surface area (Å²) in [5, 5.41) is 0. The number of nitrogens with two attached hydrogens (primary N) is 1. The molecule has 1 atom stereocenters. The molecule has 0 aromatic heterocycles. The normalized spacial score (nSPS) is 13.1. The number of hydrogen-bond donors (Lipinski definition) is 1. The van der Waals surface area contributed by atoms with Crippen molar-refractivity contribution >= 4 is 5.91 Å². The van der Waals surface area contributed by atoms with Crippen molar-refractivity contribution in [2.75, 3.05) is 13.1 Å². The van der Waals surface area contributed by atoms with E-state index in [2.05, 4.69) is 13.8 Å². The minimum Gasteiger partial charge on any atom is -0.342 e. The predicted molar refractivity (Wildman–Crippen MR) is 55.4 cm³/mol. The van der Waals surface area contributed by atoms with E-state index in [0.717, 1.165) is 19.5 Å². The fourth-order valence-corrected chi connectivity index (χ4v) is 1.38. The maximum Gasteiger partial charge on any atom is 0.239 e. The molecule has 2 N–H and O–H groups in total. The lowest BCUT2D eigenvalue weighted by atomic mass is 10.0. The third-order valence-electron chi connectivity index (χ3n) is 2.12. The van der Waals surface area contributed by atoms with Gasteiger partial charge in [0.15, 0.2) is 0 Å². The third-order valence-corrected chi connectivity index (χ3v) is 2.12. The topological polar surface area (TPSA) is 46.3 Å². The molecule has 1 amide bonds. The van der Waals surface area contributed by atoms with Gasteiger partial charge in [0.05, 0.1) is 6.04 Å². The quantitative estimate of drug-likeness (QED) is 0.702. The van der Waals surface area contributed by atoms with E-state index in [1.807, 2.05) is 13.8 Å². The third kappa shape index (κ3) is 4.27. The number of carbonyl (C=O) groups is 1. The molecule has 0 saturated heterocycles. The maximum absolute atomic E-state index is 11.6. The highest BCUT2D eigenvalue weighted by atomic mass is 16.2. The smallest absolute Gasteiger partial charge is 0.239 e. The first-order chi connectivity index (χ1) is 6.02. The Balaban J connectivity index is 4.07. The van der Waals surface area contributed by atoms with Crippen LogP contribution >= 0.6 is 0 Å². The Morgan fingerprint density at radius 1 is 1.31 bits per heavy atom. The van der Waals surface area contributed by atoms with Crippen LogP contribution in [0.3, 0.4) is 0 Å². The standard InChI is InChI=1S/C10H22N2O/c1-5-12(6-2)10(13)9(11)7-8(3)4/h8-9H,5-7,11H2,1-4H3. The van der Waals surface area contributed by atoms with Crippen LogP contribution in [0.15, 0.2) is 0 Å². The first-order valence-electron chi connectivity index (χ1n) is 5.07. The van der Waals surface area contributed by atoms with Gasteiger partial charge in [-0.05, 0) is 26.2 Å². The second kappa shape index (κ2) is 5.97. The Labute approximate surface area is 81.3 Å². The van der Waals surface area contributed by atoms with Gasteiger partial charge < -0.3 is 10.6 Å². The molecule has 0 aliphatic carbocycles. The van der Waals surface area contributed by atoms with Crippen LogP contribution in [0.1, 0.15) is 34.1 Å².